The zero-order chi connectivity index (χ0) is 33.8. The first kappa shape index (κ1) is 28.8. The minimum absolute atomic E-state index is 0.526. The molecule has 7 aromatic carbocycles. The van der Waals surface area contributed by atoms with E-state index in [0.717, 1.165) is 66.5 Å². The van der Waals surface area contributed by atoms with Gasteiger partial charge in [0, 0.05) is 44.0 Å². The molecule has 50 heavy (non-hydrogen) atoms. The van der Waals surface area contributed by atoms with Crippen LogP contribution in [0.25, 0.3) is 82.1 Å². The van der Waals surface area contributed by atoms with Gasteiger partial charge in [0.2, 0.25) is 0 Å². The van der Waals surface area contributed by atoms with Crippen molar-refractivity contribution >= 4 is 49.3 Å². The molecule has 0 aliphatic carbocycles. The van der Waals surface area contributed by atoms with Crippen molar-refractivity contribution in [2.24, 2.45) is 0 Å². The lowest BCUT2D eigenvalue weighted by Crippen LogP contribution is -1.98. The molecule has 9 aromatic rings. The second-order valence-corrected chi connectivity index (χ2v) is 12.3. The van der Waals surface area contributed by atoms with Gasteiger partial charge < -0.3 is 9.13 Å². The summed E-state index contributed by atoms with van der Waals surface area (Å²) in [5, 5.41) is 24.3. The summed E-state index contributed by atoms with van der Waals surface area (Å²) in [6.07, 6.45) is 0. The number of aromatic nitrogens is 2. The lowest BCUT2D eigenvalue weighted by molar-refractivity contribution is 1.18. The monoisotopic (exact) mass is 635 g/mol. The van der Waals surface area contributed by atoms with Crippen LogP contribution >= 0.6 is 0 Å². The fourth-order valence-corrected chi connectivity index (χ4v) is 7.36. The Labute approximate surface area is 288 Å². The van der Waals surface area contributed by atoms with Crippen molar-refractivity contribution in [1.82, 2.24) is 9.13 Å². The van der Waals surface area contributed by atoms with Crippen molar-refractivity contribution < 1.29 is 0 Å². The fraction of sp³-hybridized carbons (Fsp3) is 0. The van der Waals surface area contributed by atoms with Gasteiger partial charge in [0.1, 0.15) is 0 Å². The third-order valence-corrected chi connectivity index (χ3v) is 9.62. The molecule has 0 N–H and O–H groups in total. The van der Waals surface area contributed by atoms with Crippen molar-refractivity contribution in [3.05, 3.63) is 174 Å². The maximum Gasteiger partial charge on any atom is 0.189 e. The number of para-hydroxylation sites is 3. The van der Waals surface area contributed by atoms with Gasteiger partial charge in [-0.05, 0) is 77.9 Å². The molecule has 2 aromatic heterocycles. The molecule has 0 aliphatic heterocycles. The van der Waals surface area contributed by atoms with Gasteiger partial charge >= 0.3 is 0 Å². The number of hydrogen-bond donors (Lipinski definition) is 0. The SMILES string of the molecule is [C-]#[N+]c1ccc(-c2ccc(C#N)c(-c3ccc(-n4c5ccccc5c5ccccc54)cc3)c2)c(-n2c3ccccc3c3cc(C#N)ccc32)c1. The van der Waals surface area contributed by atoms with E-state index in [1.165, 1.54) is 10.8 Å². The summed E-state index contributed by atoms with van der Waals surface area (Å²) in [5.74, 6) is 0. The van der Waals surface area contributed by atoms with E-state index < -0.39 is 0 Å². The average Bonchev–Trinajstić information content (AvgIpc) is 3.70. The van der Waals surface area contributed by atoms with Crippen molar-refractivity contribution in [3.63, 3.8) is 0 Å². The molecule has 0 unspecified atom stereocenters. The van der Waals surface area contributed by atoms with Crippen molar-refractivity contribution in [1.29, 1.82) is 10.5 Å². The van der Waals surface area contributed by atoms with Crippen LogP contribution in [0.5, 0.6) is 0 Å². The van der Waals surface area contributed by atoms with Crippen LogP contribution in [0.3, 0.4) is 0 Å². The van der Waals surface area contributed by atoms with Gasteiger partial charge in [-0.3, -0.25) is 0 Å². The Morgan fingerprint density at radius 3 is 1.72 bits per heavy atom. The highest BCUT2D eigenvalue weighted by molar-refractivity contribution is 6.11. The Morgan fingerprint density at radius 1 is 0.480 bits per heavy atom. The van der Waals surface area contributed by atoms with Crippen molar-refractivity contribution in [3.8, 4) is 45.8 Å². The predicted octanol–water partition coefficient (Wildman–Crippen LogP) is 11.5. The number of rotatable bonds is 4. The highest BCUT2D eigenvalue weighted by Gasteiger charge is 2.18. The first-order valence-corrected chi connectivity index (χ1v) is 16.3. The molecule has 0 atom stereocenters. The normalized spacial score (nSPS) is 11.1. The van der Waals surface area contributed by atoms with E-state index in [2.05, 4.69) is 117 Å². The molecule has 0 aliphatic rings. The standard InChI is InChI=1S/C45H25N5/c1-48-33-19-22-35(45(26-33)50-43-13-7-4-10-38(43)40-24-29(27-46)14-23-44(40)50)31-15-16-32(28-47)39(25-31)30-17-20-34(21-18-30)49-41-11-5-2-8-36(41)37-9-3-6-12-42(37)49/h2-26H. The molecule has 0 spiro atoms. The Bertz CT molecular complexity index is 2900. The second kappa shape index (κ2) is 11.4. The predicted molar refractivity (Wildman–Crippen MR) is 202 cm³/mol. The molecule has 2 heterocycles. The highest BCUT2D eigenvalue weighted by Crippen LogP contribution is 2.40. The highest BCUT2D eigenvalue weighted by atomic mass is 15.0. The molecule has 230 valence electrons. The number of nitrogens with zero attached hydrogens (tertiary/aromatic N) is 5. The number of hydrogen-bond acceptors (Lipinski definition) is 2. The van der Waals surface area contributed by atoms with Crippen LogP contribution in [0.4, 0.5) is 5.69 Å². The minimum Gasteiger partial charge on any atom is -0.310 e. The molecule has 5 nitrogen and oxygen atoms in total. The lowest BCUT2D eigenvalue weighted by atomic mass is 9.94. The minimum atomic E-state index is 0.526. The van der Waals surface area contributed by atoms with Crippen LogP contribution < -0.4 is 0 Å². The van der Waals surface area contributed by atoms with Gasteiger partial charge in [0.15, 0.2) is 5.69 Å². The molecule has 0 saturated heterocycles. The molecule has 5 heteroatoms. The quantitative estimate of drug-likeness (QED) is 0.181. The van der Waals surface area contributed by atoms with E-state index in [-0.39, 0.29) is 0 Å². The van der Waals surface area contributed by atoms with Gasteiger partial charge in [-0.25, -0.2) is 4.85 Å². The second-order valence-electron chi connectivity index (χ2n) is 12.3. The summed E-state index contributed by atoms with van der Waals surface area (Å²) in [5.41, 5.74) is 11.4. The third-order valence-electron chi connectivity index (χ3n) is 9.62. The van der Waals surface area contributed by atoms with Crippen LogP contribution in [-0.2, 0) is 0 Å². The van der Waals surface area contributed by atoms with Crippen LogP contribution in [0.15, 0.2) is 152 Å². The molecule has 0 bridgehead atoms. The fourth-order valence-electron chi connectivity index (χ4n) is 7.36. The molecule has 0 radical (unpaired) electrons. The summed E-state index contributed by atoms with van der Waals surface area (Å²) in [6, 6.07) is 55.5. The van der Waals surface area contributed by atoms with Crippen LogP contribution in [0, 0.1) is 29.2 Å². The smallest absolute Gasteiger partial charge is 0.189 e. The first-order chi connectivity index (χ1) is 24.7. The zero-order valence-electron chi connectivity index (χ0n) is 26.7. The third kappa shape index (κ3) is 4.38. The molecule has 0 saturated carbocycles. The molecule has 0 fully saturated rings. The number of fused-ring (bicyclic) bond motifs is 6. The van der Waals surface area contributed by atoms with Crippen LogP contribution in [0.1, 0.15) is 11.1 Å². The van der Waals surface area contributed by atoms with Gasteiger partial charge in [-0.1, -0.05) is 84.9 Å². The average molecular weight is 636 g/mol. The van der Waals surface area contributed by atoms with E-state index in [1.54, 1.807) is 0 Å². The van der Waals surface area contributed by atoms with E-state index >= 15 is 0 Å². The first-order valence-electron chi connectivity index (χ1n) is 16.3. The van der Waals surface area contributed by atoms with E-state index in [4.69, 9.17) is 6.57 Å². The summed E-state index contributed by atoms with van der Waals surface area (Å²) in [6.45, 7) is 7.82. The lowest BCUT2D eigenvalue weighted by Gasteiger charge is -2.16. The molecule has 9 rings (SSSR count). The summed E-state index contributed by atoms with van der Waals surface area (Å²) >= 11 is 0. The maximum absolute atomic E-state index is 10.2. The topological polar surface area (TPSA) is 61.8 Å². The summed E-state index contributed by atoms with van der Waals surface area (Å²) in [7, 11) is 0. The van der Waals surface area contributed by atoms with E-state index in [0.29, 0.717) is 16.8 Å². The van der Waals surface area contributed by atoms with E-state index in [1.807, 2.05) is 60.7 Å². The Hall–Kier alpha value is -7.39. The van der Waals surface area contributed by atoms with Gasteiger partial charge in [-0.2, -0.15) is 10.5 Å². The summed E-state index contributed by atoms with van der Waals surface area (Å²) < 4.78 is 4.46. The van der Waals surface area contributed by atoms with Crippen molar-refractivity contribution in [2.75, 3.05) is 0 Å². The molecular weight excluding hydrogens is 611 g/mol. The molecule has 0 amide bonds. The summed E-state index contributed by atoms with van der Waals surface area (Å²) in [4.78, 5) is 3.77. The largest absolute Gasteiger partial charge is 0.310 e. The van der Waals surface area contributed by atoms with E-state index in [9.17, 15) is 10.5 Å². The molecular formula is C45H25N5. The number of benzene rings is 7. The zero-order valence-corrected chi connectivity index (χ0v) is 26.7. The Kier molecular flexibility index (Phi) is 6.56. The number of nitriles is 2. The Morgan fingerprint density at radius 2 is 1.08 bits per heavy atom. The van der Waals surface area contributed by atoms with Gasteiger partial charge in [0.25, 0.3) is 0 Å². The van der Waals surface area contributed by atoms with Gasteiger partial charge in [0.05, 0.1) is 51.9 Å². The van der Waals surface area contributed by atoms with Crippen molar-refractivity contribution in [2.45, 2.75) is 0 Å². The van der Waals surface area contributed by atoms with Crippen LogP contribution in [0.2, 0.25) is 0 Å². The van der Waals surface area contributed by atoms with Gasteiger partial charge in [-0.15, -0.1) is 0 Å². The Balaban J connectivity index is 1.21. The van der Waals surface area contributed by atoms with Crippen LogP contribution in [-0.4, -0.2) is 9.13 Å². The maximum atomic E-state index is 10.2.